The van der Waals surface area contributed by atoms with Gasteiger partial charge in [-0.2, -0.15) is 0 Å². The first-order valence-electron chi connectivity index (χ1n) is 4.55. The number of nitrogens with zero attached hydrogens (tertiary/aromatic N) is 2. The minimum absolute atomic E-state index is 0.213. The zero-order chi connectivity index (χ0) is 10.1. The van der Waals surface area contributed by atoms with Crippen molar-refractivity contribution in [3.05, 3.63) is 5.01 Å². The number of aromatic nitrogens is 2. The summed E-state index contributed by atoms with van der Waals surface area (Å²) in [5.74, 6) is 0.675. The highest BCUT2D eigenvalue weighted by atomic mass is 32.1. The fraction of sp³-hybridized carbons (Fsp3) is 0.750. The summed E-state index contributed by atoms with van der Waals surface area (Å²) in [5, 5.41) is 10.4. The lowest BCUT2D eigenvalue weighted by Crippen LogP contribution is -2.16. The maximum Gasteiger partial charge on any atom is 0.291 e. The molecule has 78 valence electrons. The first-order chi connectivity index (χ1) is 6.66. The Balaban J connectivity index is 1.95. The molecule has 14 heavy (non-hydrogen) atoms. The highest BCUT2D eigenvalue weighted by molar-refractivity contribution is 7.15. The largest absolute Gasteiger partial charge is 0.357 e. The normalized spacial score (nSPS) is 18.6. The molecule has 1 atom stereocenters. The average molecular weight is 219 g/mol. The molecule has 1 aromatic rings. The van der Waals surface area contributed by atoms with Crippen molar-refractivity contribution in [3.8, 4) is 0 Å². The van der Waals surface area contributed by atoms with Crippen LogP contribution in [0, 0.1) is 5.92 Å². The molecule has 1 saturated carbocycles. The van der Waals surface area contributed by atoms with E-state index in [1.54, 1.807) is 0 Å². The van der Waals surface area contributed by atoms with E-state index in [0.29, 0.717) is 17.1 Å². The summed E-state index contributed by atoms with van der Waals surface area (Å²) in [6.07, 6.45) is -0.0807. The third-order valence-corrected chi connectivity index (χ3v) is 3.17. The maximum absolute atomic E-state index is 12.2. The summed E-state index contributed by atoms with van der Waals surface area (Å²) in [6.45, 7) is 2.04. The molecule has 1 fully saturated rings. The summed E-state index contributed by atoms with van der Waals surface area (Å²) in [4.78, 5) is 0. The molecule has 0 amide bonds. The number of rotatable bonds is 4. The van der Waals surface area contributed by atoms with Gasteiger partial charge in [-0.3, -0.25) is 0 Å². The van der Waals surface area contributed by atoms with Crippen molar-refractivity contribution in [2.75, 3.05) is 5.32 Å². The number of alkyl halides is 2. The molecule has 0 bridgehead atoms. The van der Waals surface area contributed by atoms with Gasteiger partial charge in [-0.25, -0.2) is 8.78 Å². The Kier molecular flexibility index (Phi) is 2.62. The summed E-state index contributed by atoms with van der Waals surface area (Å²) in [5.41, 5.74) is 0. The van der Waals surface area contributed by atoms with Crippen molar-refractivity contribution in [2.45, 2.75) is 32.2 Å². The van der Waals surface area contributed by atoms with Crippen LogP contribution in [-0.4, -0.2) is 16.2 Å². The molecule has 1 aliphatic carbocycles. The minimum Gasteiger partial charge on any atom is -0.357 e. The summed E-state index contributed by atoms with van der Waals surface area (Å²) >= 11 is 0.931. The first kappa shape index (κ1) is 9.76. The van der Waals surface area contributed by atoms with E-state index < -0.39 is 6.43 Å². The van der Waals surface area contributed by atoms with Gasteiger partial charge in [0.1, 0.15) is 0 Å². The van der Waals surface area contributed by atoms with Crippen LogP contribution in [0.2, 0.25) is 0 Å². The predicted octanol–water partition coefficient (Wildman–Crippen LogP) is 2.69. The van der Waals surface area contributed by atoms with Gasteiger partial charge in [-0.1, -0.05) is 11.3 Å². The number of hydrogen-bond donors (Lipinski definition) is 1. The lowest BCUT2D eigenvalue weighted by molar-refractivity contribution is 0.150. The molecule has 1 aromatic heterocycles. The van der Waals surface area contributed by atoms with Gasteiger partial charge in [0.05, 0.1) is 0 Å². The van der Waals surface area contributed by atoms with E-state index in [0.717, 1.165) is 11.3 Å². The van der Waals surface area contributed by atoms with Gasteiger partial charge < -0.3 is 5.32 Å². The van der Waals surface area contributed by atoms with Crippen LogP contribution in [0.3, 0.4) is 0 Å². The number of halogens is 2. The fourth-order valence-corrected chi connectivity index (χ4v) is 1.99. The Labute approximate surface area is 84.5 Å². The van der Waals surface area contributed by atoms with E-state index in [-0.39, 0.29) is 5.01 Å². The summed E-state index contributed by atoms with van der Waals surface area (Å²) in [6, 6.07) is 0.313. The lowest BCUT2D eigenvalue weighted by Gasteiger charge is -2.09. The monoisotopic (exact) mass is 219 g/mol. The molecule has 3 nitrogen and oxygen atoms in total. The van der Waals surface area contributed by atoms with E-state index in [4.69, 9.17) is 0 Å². The van der Waals surface area contributed by atoms with Crippen LogP contribution in [0.1, 0.15) is 31.2 Å². The van der Waals surface area contributed by atoms with Crippen LogP contribution in [-0.2, 0) is 0 Å². The van der Waals surface area contributed by atoms with Gasteiger partial charge in [-0.15, -0.1) is 10.2 Å². The van der Waals surface area contributed by atoms with Gasteiger partial charge in [-0.05, 0) is 25.7 Å². The zero-order valence-corrected chi connectivity index (χ0v) is 8.52. The van der Waals surface area contributed by atoms with Crippen molar-refractivity contribution in [1.29, 1.82) is 0 Å². The number of anilines is 1. The van der Waals surface area contributed by atoms with E-state index in [2.05, 4.69) is 15.5 Å². The molecule has 1 aliphatic rings. The second kappa shape index (κ2) is 3.76. The zero-order valence-electron chi connectivity index (χ0n) is 7.70. The van der Waals surface area contributed by atoms with Crippen LogP contribution in [0.4, 0.5) is 13.9 Å². The molecule has 1 heterocycles. The van der Waals surface area contributed by atoms with Gasteiger partial charge in [0.25, 0.3) is 6.43 Å². The second-order valence-electron chi connectivity index (χ2n) is 3.52. The highest BCUT2D eigenvalue weighted by Crippen LogP contribution is 2.34. The molecule has 0 radical (unpaired) electrons. The Morgan fingerprint density at radius 2 is 2.14 bits per heavy atom. The van der Waals surface area contributed by atoms with E-state index >= 15 is 0 Å². The lowest BCUT2D eigenvalue weighted by atomic mass is 10.2. The second-order valence-corrected chi connectivity index (χ2v) is 4.53. The molecule has 0 aliphatic heterocycles. The molecule has 0 aromatic carbocycles. The standard InChI is InChI=1S/C8H11F2N3S/c1-4(5-2-3-5)11-8-13-12-7(14-8)6(9)10/h4-6H,2-3H2,1H3,(H,11,13). The summed E-state index contributed by atoms with van der Waals surface area (Å²) < 4.78 is 24.3. The van der Waals surface area contributed by atoms with Gasteiger partial charge >= 0.3 is 0 Å². The molecular weight excluding hydrogens is 208 g/mol. The quantitative estimate of drug-likeness (QED) is 0.846. The third kappa shape index (κ3) is 2.17. The molecule has 0 saturated heterocycles. The smallest absolute Gasteiger partial charge is 0.291 e. The van der Waals surface area contributed by atoms with Crippen LogP contribution in [0.15, 0.2) is 0 Å². The van der Waals surface area contributed by atoms with E-state index in [1.165, 1.54) is 12.8 Å². The Morgan fingerprint density at radius 1 is 1.43 bits per heavy atom. The predicted molar refractivity (Wildman–Crippen MR) is 50.7 cm³/mol. The molecule has 1 unspecified atom stereocenters. The van der Waals surface area contributed by atoms with Crippen molar-refractivity contribution in [1.82, 2.24) is 10.2 Å². The van der Waals surface area contributed by atoms with Crippen molar-refractivity contribution >= 4 is 16.5 Å². The van der Waals surface area contributed by atoms with Crippen LogP contribution in [0.25, 0.3) is 0 Å². The Bertz CT molecular complexity index is 311. The highest BCUT2D eigenvalue weighted by Gasteiger charge is 2.28. The molecule has 0 spiro atoms. The van der Waals surface area contributed by atoms with Gasteiger partial charge in [0.2, 0.25) is 5.13 Å². The fourth-order valence-electron chi connectivity index (χ4n) is 1.29. The number of nitrogens with one attached hydrogen (secondary N) is 1. The minimum atomic E-state index is -2.51. The summed E-state index contributed by atoms with van der Waals surface area (Å²) in [7, 11) is 0. The third-order valence-electron chi connectivity index (χ3n) is 2.31. The SMILES string of the molecule is CC(Nc1nnc(C(F)F)s1)C1CC1. The maximum atomic E-state index is 12.2. The van der Waals surface area contributed by atoms with Crippen LogP contribution in [0.5, 0.6) is 0 Å². The van der Waals surface area contributed by atoms with E-state index in [1.807, 2.05) is 6.92 Å². The van der Waals surface area contributed by atoms with Gasteiger partial charge in [0.15, 0.2) is 5.01 Å². The first-order valence-corrected chi connectivity index (χ1v) is 5.36. The topological polar surface area (TPSA) is 37.8 Å². The van der Waals surface area contributed by atoms with Crippen molar-refractivity contribution in [2.24, 2.45) is 5.92 Å². The Morgan fingerprint density at radius 3 is 2.64 bits per heavy atom. The Hall–Kier alpha value is -0.780. The molecule has 6 heteroatoms. The van der Waals surface area contributed by atoms with Crippen molar-refractivity contribution in [3.63, 3.8) is 0 Å². The molecular formula is C8H11F2N3S. The molecule has 1 N–H and O–H groups in total. The van der Waals surface area contributed by atoms with Crippen LogP contribution < -0.4 is 5.32 Å². The van der Waals surface area contributed by atoms with Crippen molar-refractivity contribution < 1.29 is 8.78 Å². The van der Waals surface area contributed by atoms with Crippen LogP contribution >= 0.6 is 11.3 Å². The molecule has 2 rings (SSSR count). The van der Waals surface area contributed by atoms with E-state index in [9.17, 15) is 8.78 Å². The average Bonchev–Trinajstić information content (AvgIpc) is 2.87. The number of hydrogen-bond acceptors (Lipinski definition) is 4. The van der Waals surface area contributed by atoms with Gasteiger partial charge in [0, 0.05) is 6.04 Å².